The second kappa shape index (κ2) is 8.07. The predicted molar refractivity (Wildman–Crippen MR) is 84.7 cm³/mol. The van der Waals surface area contributed by atoms with Gasteiger partial charge in [-0.05, 0) is 37.1 Å². The number of nitrogens with one attached hydrogen (secondary N) is 1. The topological polar surface area (TPSA) is 86.2 Å². The summed E-state index contributed by atoms with van der Waals surface area (Å²) >= 11 is 0. The summed E-state index contributed by atoms with van der Waals surface area (Å²) in [6.45, 7) is 4.01. The zero-order valence-electron chi connectivity index (χ0n) is 13.5. The molecule has 7 heteroatoms. The Morgan fingerprint density at radius 1 is 1.04 bits per heavy atom. The number of aromatic nitrogens is 3. The molecule has 1 aromatic carbocycles. The molecule has 1 amide bonds. The fourth-order valence-corrected chi connectivity index (χ4v) is 1.89. The van der Waals surface area contributed by atoms with Crippen LogP contribution in [0.3, 0.4) is 0 Å². The first-order valence-corrected chi connectivity index (χ1v) is 7.50. The van der Waals surface area contributed by atoms with Crippen molar-refractivity contribution in [3.63, 3.8) is 0 Å². The van der Waals surface area contributed by atoms with E-state index in [1.165, 1.54) is 0 Å². The number of ether oxygens (including phenoxy) is 2. The Balaban J connectivity index is 2.02. The first-order chi connectivity index (χ1) is 11.2. The van der Waals surface area contributed by atoms with E-state index in [4.69, 9.17) is 9.47 Å². The van der Waals surface area contributed by atoms with Crippen molar-refractivity contribution in [3.8, 4) is 17.5 Å². The number of carbonyl (C=O) groups is 1. The lowest BCUT2D eigenvalue weighted by atomic mass is 10.2. The second-order valence-corrected chi connectivity index (χ2v) is 4.73. The molecule has 0 saturated carbocycles. The van der Waals surface area contributed by atoms with E-state index in [1.807, 2.05) is 13.8 Å². The minimum atomic E-state index is -0.187. The van der Waals surface area contributed by atoms with Crippen LogP contribution in [0.1, 0.15) is 25.2 Å². The molecular formula is C16H20N4O3. The molecule has 0 atom stereocenters. The third-order valence-electron chi connectivity index (χ3n) is 3.17. The third-order valence-corrected chi connectivity index (χ3v) is 3.17. The average Bonchev–Trinajstić information content (AvgIpc) is 2.60. The van der Waals surface area contributed by atoms with Crippen LogP contribution in [0, 0.1) is 0 Å². The van der Waals surface area contributed by atoms with Crippen LogP contribution in [0.2, 0.25) is 0 Å². The maximum atomic E-state index is 11.1. The van der Waals surface area contributed by atoms with Crippen molar-refractivity contribution < 1.29 is 14.3 Å². The number of benzene rings is 1. The molecule has 1 heterocycles. The quantitative estimate of drug-likeness (QED) is 0.840. The molecule has 0 aliphatic heterocycles. The van der Waals surface area contributed by atoms with Crippen LogP contribution in [0.25, 0.3) is 0 Å². The molecule has 7 nitrogen and oxygen atoms in total. The molecule has 0 aliphatic rings. The van der Waals surface area contributed by atoms with Gasteiger partial charge in [0.1, 0.15) is 11.5 Å². The summed E-state index contributed by atoms with van der Waals surface area (Å²) in [6, 6.07) is 7.10. The van der Waals surface area contributed by atoms with E-state index in [9.17, 15) is 4.79 Å². The summed E-state index contributed by atoms with van der Waals surface area (Å²) in [5.74, 6) is 0.967. The summed E-state index contributed by atoms with van der Waals surface area (Å²) in [6.07, 6.45) is 1.57. The van der Waals surface area contributed by atoms with E-state index >= 15 is 0 Å². The Morgan fingerprint density at radius 3 is 2.30 bits per heavy atom. The number of hydrogen-bond donors (Lipinski definition) is 1. The van der Waals surface area contributed by atoms with Gasteiger partial charge < -0.3 is 14.8 Å². The Labute approximate surface area is 135 Å². The number of amides is 1. The maximum absolute atomic E-state index is 11.1. The fraction of sp³-hybridized carbons (Fsp3) is 0.375. The molecule has 0 fully saturated rings. The van der Waals surface area contributed by atoms with Crippen LogP contribution in [-0.4, -0.2) is 34.7 Å². The molecule has 2 rings (SSSR count). The maximum Gasteiger partial charge on any atom is 0.341 e. The van der Waals surface area contributed by atoms with E-state index in [2.05, 4.69) is 20.5 Å². The largest absolute Gasteiger partial charge is 0.484 e. The van der Waals surface area contributed by atoms with Crippen LogP contribution in [0.5, 0.6) is 17.5 Å². The summed E-state index contributed by atoms with van der Waals surface area (Å²) in [5.41, 5.74) is 1.78. The van der Waals surface area contributed by atoms with Gasteiger partial charge in [-0.2, -0.15) is 4.98 Å². The van der Waals surface area contributed by atoms with E-state index in [-0.39, 0.29) is 18.5 Å². The molecule has 1 aromatic heterocycles. The number of nitrogens with zero attached hydrogens (tertiary/aromatic N) is 3. The van der Waals surface area contributed by atoms with Gasteiger partial charge in [0.2, 0.25) is 0 Å². The average molecular weight is 316 g/mol. The minimum Gasteiger partial charge on any atom is -0.484 e. The van der Waals surface area contributed by atoms with Gasteiger partial charge >= 0.3 is 6.01 Å². The van der Waals surface area contributed by atoms with Crippen molar-refractivity contribution in [1.29, 1.82) is 0 Å². The Morgan fingerprint density at radius 2 is 1.70 bits per heavy atom. The van der Waals surface area contributed by atoms with Crippen molar-refractivity contribution in [2.75, 3.05) is 13.7 Å². The second-order valence-electron chi connectivity index (χ2n) is 4.73. The van der Waals surface area contributed by atoms with Crippen molar-refractivity contribution in [2.24, 2.45) is 0 Å². The molecule has 0 bridgehead atoms. The number of hydrogen-bond acceptors (Lipinski definition) is 6. The van der Waals surface area contributed by atoms with Crippen molar-refractivity contribution in [2.45, 2.75) is 26.7 Å². The van der Waals surface area contributed by atoms with E-state index < -0.39 is 0 Å². The Kier molecular flexibility index (Phi) is 5.85. The predicted octanol–water partition coefficient (Wildman–Crippen LogP) is 1.91. The number of carbonyl (C=O) groups excluding carboxylic acids is 1. The fourth-order valence-electron chi connectivity index (χ4n) is 1.89. The molecule has 2 aromatic rings. The molecule has 0 spiro atoms. The standard InChI is InChI=1S/C16H20N4O3/c1-4-13-14(5-2)19-20-16(18-13)23-12-8-6-11(7-9-12)22-10-15(21)17-3/h6-9H,4-5,10H2,1-3H3,(H,17,21). The van der Waals surface area contributed by atoms with Crippen molar-refractivity contribution in [3.05, 3.63) is 35.7 Å². The molecule has 0 unspecified atom stereocenters. The van der Waals surface area contributed by atoms with Crippen molar-refractivity contribution >= 4 is 5.91 Å². The number of aryl methyl sites for hydroxylation is 2. The first kappa shape index (κ1) is 16.7. The number of rotatable bonds is 7. The minimum absolute atomic E-state index is 0.0257. The van der Waals surface area contributed by atoms with Gasteiger partial charge in [-0.1, -0.05) is 18.9 Å². The molecule has 0 radical (unpaired) electrons. The highest BCUT2D eigenvalue weighted by Gasteiger charge is 2.08. The normalized spacial score (nSPS) is 10.2. The lowest BCUT2D eigenvalue weighted by Crippen LogP contribution is -2.24. The van der Waals surface area contributed by atoms with Crippen LogP contribution in [-0.2, 0) is 17.6 Å². The van der Waals surface area contributed by atoms with Crippen LogP contribution >= 0.6 is 0 Å². The molecule has 0 saturated heterocycles. The highest BCUT2D eigenvalue weighted by Crippen LogP contribution is 2.21. The van der Waals surface area contributed by atoms with Gasteiger partial charge in [-0.3, -0.25) is 4.79 Å². The Hall–Kier alpha value is -2.70. The van der Waals surface area contributed by atoms with Gasteiger partial charge in [0.15, 0.2) is 6.61 Å². The van der Waals surface area contributed by atoms with Gasteiger partial charge in [-0.15, -0.1) is 5.10 Å². The molecule has 23 heavy (non-hydrogen) atoms. The summed E-state index contributed by atoms with van der Waals surface area (Å²) in [7, 11) is 1.56. The summed E-state index contributed by atoms with van der Waals surface area (Å²) in [5, 5.41) is 10.6. The van der Waals surface area contributed by atoms with E-state index in [0.717, 1.165) is 24.2 Å². The van der Waals surface area contributed by atoms with Gasteiger partial charge in [-0.25, -0.2) is 0 Å². The zero-order valence-corrected chi connectivity index (χ0v) is 13.5. The molecule has 0 aliphatic carbocycles. The van der Waals surface area contributed by atoms with Crippen LogP contribution < -0.4 is 14.8 Å². The highest BCUT2D eigenvalue weighted by molar-refractivity contribution is 5.77. The third kappa shape index (κ3) is 4.64. The Bertz CT molecular complexity index is 659. The number of likely N-dealkylation sites (N-methyl/N-ethyl adjacent to an activating group) is 1. The zero-order chi connectivity index (χ0) is 16.7. The molecular weight excluding hydrogens is 296 g/mol. The van der Waals surface area contributed by atoms with Gasteiger partial charge in [0, 0.05) is 7.05 Å². The summed E-state index contributed by atoms with van der Waals surface area (Å²) in [4.78, 5) is 15.5. The smallest absolute Gasteiger partial charge is 0.341 e. The van der Waals surface area contributed by atoms with Crippen molar-refractivity contribution in [1.82, 2.24) is 20.5 Å². The lowest BCUT2D eigenvalue weighted by molar-refractivity contribution is -0.122. The first-order valence-electron chi connectivity index (χ1n) is 7.50. The van der Waals surface area contributed by atoms with E-state index in [1.54, 1.807) is 31.3 Å². The highest BCUT2D eigenvalue weighted by atomic mass is 16.5. The monoisotopic (exact) mass is 316 g/mol. The SMILES string of the molecule is CCc1nnc(Oc2ccc(OCC(=O)NC)cc2)nc1CC. The van der Waals surface area contributed by atoms with Crippen LogP contribution in [0.15, 0.2) is 24.3 Å². The van der Waals surface area contributed by atoms with E-state index in [0.29, 0.717) is 11.5 Å². The van der Waals surface area contributed by atoms with Gasteiger partial charge in [0.05, 0.1) is 11.4 Å². The summed E-state index contributed by atoms with van der Waals surface area (Å²) < 4.78 is 10.9. The molecule has 1 N–H and O–H groups in total. The lowest BCUT2D eigenvalue weighted by Gasteiger charge is -2.08. The molecule has 122 valence electrons. The van der Waals surface area contributed by atoms with Gasteiger partial charge in [0.25, 0.3) is 5.91 Å². The van der Waals surface area contributed by atoms with Crippen LogP contribution in [0.4, 0.5) is 0 Å².